The van der Waals surface area contributed by atoms with Gasteiger partial charge in [-0.1, -0.05) is 6.07 Å². The highest BCUT2D eigenvalue weighted by atomic mass is 16.5. The smallest absolute Gasteiger partial charge is 0.275 e. The predicted molar refractivity (Wildman–Crippen MR) is 94.7 cm³/mol. The van der Waals surface area contributed by atoms with E-state index in [-0.39, 0.29) is 5.56 Å². The lowest BCUT2D eigenvalue weighted by molar-refractivity contribution is 0.297. The van der Waals surface area contributed by atoms with Gasteiger partial charge in [0.25, 0.3) is 5.56 Å². The number of benzene rings is 1. The van der Waals surface area contributed by atoms with Crippen LogP contribution < -0.4 is 15.0 Å². The first-order chi connectivity index (χ1) is 12.8. The summed E-state index contributed by atoms with van der Waals surface area (Å²) in [7, 11) is 0. The minimum atomic E-state index is -0.237. The molecular formula is C18H15N5O3. The quantitative estimate of drug-likeness (QED) is 0.573. The molecule has 3 aromatic heterocycles. The Labute approximate surface area is 147 Å². The monoisotopic (exact) mass is 349 g/mol. The summed E-state index contributed by atoms with van der Waals surface area (Å²) in [6.45, 7) is 1.28. The van der Waals surface area contributed by atoms with Crippen LogP contribution in [0.5, 0.6) is 11.5 Å². The van der Waals surface area contributed by atoms with Crippen LogP contribution in [-0.4, -0.2) is 38.1 Å². The standard InChI is InChI=1S/C18H15N5O3/c24-18-16-14(15-17(23-16)20-5-4-19-15)21-13(22-18)9-10-2-3-11-12(8-10)26-7-1-6-25-11/h2-5,8H,1,6-7,9H2,(H,20,23)(H,21,22,24). The van der Waals surface area contributed by atoms with Crippen molar-refractivity contribution in [3.63, 3.8) is 0 Å². The molecule has 2 N–H and O–H groups in total. The molecule has 4 aromatic rings. The number of fused-ring (bicyclic) bond motifs is 4. The Bertz CT molecular complexity index is 1180. The zero-order valence-corrected chi connectivity index (χ0v) is 13.8. The Morgan fingerprint density at radius 1 is 1.00 bits per heavy atom. The molecule has 4 heterocycles. The van der Waals surface area contributed by atoms with Crippen LogP contribution >= 0.6 is 0 Å². The number of rotatable bonds is 2. The van der Waals surface area contributed by atoms with Gasteiger partial charge < -0.3 is 19.4 Å². The van der Waals surface area contributed by atoms with Gasteiger partial charge >= 0.3 is 0 Å². The maximum atomic E-state index is 12.4. The molecule has 0 radical (unpaired) electrons. The van der Waals surface area contributed by atoms with Gasteiger partial charge in [-0.2, -0.15) is 0 Å². The van der Waals surface area contributed by atoms with E-state index in [0.717, 1.165) is 23.5 Å². The number of ether oxygens (including phenoxy) is 2. The van der Waals surface area contributed by atoms with Gasteiger partial charge in [0.1, 0.15) is 22.4 Å². The molecule has 0 spiro atoms. The van der Waals surface area contributed by atoms with Gasteiger partial charge in [-0.3, -0.25) is 4.79 Å². The third-order valence-electron chi connectivity index (χ3n) is 4.32. The second kappa shape index (κ2) is 5.83. The third kappa shape index (κ3) is 2.46. The Balaban J connectivity index is 1.56. The average molecular weight is 349 g/mol. The van der Waals surface area contributed by atoms with E-state index in [4.69, 9.17) is 9.47 Å². The van der Waals surface area contributed by atoms with Crippen molar-refractivity contribution in [3.8, 4) is 11.5 Å². The van der Waals surface area contributed by atoms with Gasteiger partial charge in [0, 0.05) is 25.2 Å². The summed E-state index contributed by atoms with van der Waals surface area (Å²) in [6, 6.07) is 5.77. The summed E-state index contributed by atoms with van der Waals surface area (Å²) < 4.78 is 11.4. The molecule has 1 aromatic carbocycles. The molecule has 0 aliphatic carbocycles. The molecule has 0 fully saturated rings. The highest BCUT2D eigenvalue weighted by Crippen LogP contribution is 2.31. The van der Waals surface area contributed by atoms with Gasteiger partial charge in [0.2, 0.25) is 0 Å². The molecule has 1 aliphatic heterocycles. The van der Waals surface area contributed by atoms with Gasteiger partial charge in [-0.25, -0.2) is 15.0 Å². The zero-order chi connectivity index (χ0) is 17.5. The normalized spacial score (nSPS) is 13.8. The molecule has 5 rings (SSSR count). The van der Waals surface area contributed by atoms with Crippen molar-refractivity contribution in [1.29, 1.82) is 0 Å². The number of H-pyrrole nitrogens is 2. The lowest BCUT2D eigenvalue weighted by Gasteiger charge is -2.09. The van der Waals surface area contributed by atoms with Gasteiger partial charge in [0.05, 0.1) is 13.2 Å². The maximum Gasteiger partial charge on any atom is 0.275 e. The van der Waals surface area contributed by atoms with Crippen LogP contribution in [0.3, 0.4) is 0 Å². The first-order valence-corrected chi connectivity index (χ1v) is 8.38. The second-order valence-corrected chi connectivity index (χ2v) is 6.12. The van der Waals surface area contributed by atoms with Crippen LogP contribution in [0.15, 0.2) is 35.4 Å². The van der Waals surface area contributed by atoms with Gasteiger partial charge in [-0.05, 0) is 17.7 Å². The molecule has 0 atom stereocenters. The number of hydrogen-bond acceptors (Lipinski definition) is 6. The van der Waals surface area contributed by atoms with E-state index >= 15 is 0 Å². The summed E-state index contributed by atoms with van der Waals surface area (Å²) in [5, 5.41) is 0. The van der Waals surface area contributed by atoms with E-state index in [2.05, 4.69) is 24.9 Å². The first-order valence-electron chi connectivity index (χ1n) is 8.38. The van der Waals surface area contributed by atoms with Crippen LogP contribution in [0.2, 0.25) is 0 Å². The van der Waals surface area contributed by atoms with E-state index in [1.165, 1.54) is 0 Å². The van der Waals surface area contributed by atoms with E-state index in [1.807, 2.05) is 18.2 Å². The molecule has 0 unspecified atom stereocenters. The summed E-state index contributed by atoms with van der Waals surface area (Å²) >= 11 is 0. The third-order valence-corrected chi connectivity index (χ3v) is 4.32. The summed E-state index contributed by atoms with van der Waals surface area (Å²) in [6.07, 6.45) is 4.48. The molecule has 0 saturated heterocycles. The summed E-state index contributed by atoms with van der Waals surface area (Å²) in [5.41, 5.74) is 2.79. The van der Waals surface area contributed by atoms with Crippen molar-refractivity contribution in [2.75, 3.05) is 13.2 Å². The molecule has 0 bridgehead atoms. The first kappa shape index (κ1) is 14.9. The Morgan fingerprint density at radius 2 is 1.85 bits per heavy atom. The van der Waals surface area contributed by atoms with Gasteiger partial charge in [0.15, 0.2) is 17.1 Å². The van der Waals surface area contributed by atoms with Crippen molar-refractivity contribution in [3.05, 3.63) is 52.3 Å². The number of nitrogens with one attached hydrogen (secondary N) is 2. The maximum absolute atomic E-state index is 12.4. The highest BCUT2D eigenvalue weighted by molar-refractivity contribution is 6.00. The fourth-order valence-corrected chi connectivity index (χ4v) is 3.12. The van der Waals surface area contributed by atoms with Crippen LogP contribution in [0.4, 0.5) is 0 Å². The fraction of sp³-hybridized carbons (Fsp3) is 0.222. The van der Waals surface area contributed by atoms with Crippen LogP contribution in [-0.2, 0) is 6.42 Å². The summed E-state index contributed by atoms with van der Waals surface area (Å²) in [4.78, 5) is 31.3. The minimum absolute atomic E-state index is 0.237. The number of hydrogen-bond donors (Lipinski definition) is 2. The fourth-order valence-electron chi connectivity index (χ4n) is 3.12. The molecule has 8 heteroatoms. The van der Waals surface area contributed by atoms with E-state index in [0.29, 0.717) is 47.7 Å². The zero-order valence-electron chi connectivity index (χ0n) is 13.8. The lowest BCUT2D eigenvalue weighted by atomic mass is 10.1. The van der Waals surface area contributed by atoms with Crippen molar-refractivity contribution < 1.29 is 9.47 Å². The summed E-state index contributed by atoms with van der Waals surface area (Å²) in [5.74, 6) is 2.03. The Hall–Kier alpha value is -3.42. The molecule has 26 heavy (non-hydrogen) atoms. The molecule has 0 amide bonds. The second-order valence-electron chi connectivity index (χ2n) is 6.12. The minimum Gasteiger partial charge on any atom is -0.490 e. The van der Waals surface area contributed by atoms with Crippen LogP contribution in [0.1, 0.15) is 17.8 Å². The van der Waals surface area contributed by atoms with Gasteiger partial charge in [-0.15, -0.1) is 0 Å². The SMILES string of the molecule is O=c1[nH]c(Cc2ccc3c(c2)OCCCO3)nc2c1[nH]c1nccnc12. The van der Waals surface area contributed by atoms with Crippen molar-refractivity contribution >= 4 is 22.2 Å². The topological polar surface area (TPSA) is 106 Å². The molecule has 1 aliphatic rings. The van der Waals surface area contributed by atoms with Crippen molar-refractivity contribution in [2.45, 2.75) is 12.8 Å². The molecular weight excluding hydrogens is 334 g/mol. The highest BCUT2D eigenvalue weighted by Gasteiger charge is 2.14. The number of aromatic nitrogens is 5. The van der Waals surface area contributed by atoms with Crippen LogP contribution in [0.25, 0.3) is 22.2 Å². The average Bonchev–Trinajstić information content (AvgIpc) is 2.86. The Kier molecular flexibility index (Phi) is 3.34. The predicted octanol–water partition coefficient (Wildman–Crippen LogP) is 1.95. The number of nitrogens with zero attached hydrogens (tertiary/aromatic N) is 3. The molecule has 130 valence electrons. The molecule has 0 saturated carbocycles. The number of aromatic amines is 2. The van der Waals surface area contributed by atoms with E-state index in [9.17, 15) is 4.79 Å². The largest absolute Gasteiger partial charge is 0.490 e. The van der Waals surface area contributed by atoms with Crippen molar-refractivity contribution in [2.24, 2.45) is 0 Å². The van der Waals surface area contributed by atoms with Crippen molar-refractivity contribution in [1.82, 2.24) is 24.9 Å². The Morgan fingerprint density at radius 3 is 2.77 bits per heavy atom. The lowest BCUT2D eigenvalue weighted by Crippen LogP contribution is -2.12. The molecule has 8 nitrogen and oxygen atoms in total. The van der Waals surface area contributed by atoms with E-state index in [1.54, 1.807) is 12.4 Å². The van der Waals surface area contributed by atoms with Crippen LogP contribution in [0, 0.1) is 0 Å². The van der Waals surface area contributed by atoms with E-state index < -0.39 is 0 Å².